The van der Waals surface area contributed by atoms with Gasteiger partial charge in [0.1, 0.15) is 23.7 Å². The van der Waals surface area contributed by atoms with Gasteiger partial charge in [0.25, 0.3) is 5.56 Å². The van der Waals surface area contributed by atoms with Gasteiger partial charge in [0, 0.05) is 32.4 Å². The van der Waals surface area contributed by atoms with Crippen molar-refractivity contribution in [1.82, 2.24) is 19.7 Å². The number of nitrogens with zero attached hydrogens (tertiary/aromatic N) is 6. The maximum atomic E-state index is 14.0. The van der Waals surface area contributed by atoms with Crippen LogP contribution < -0.4 is 19.9 Å². The fourth-order valence-corrected chi connectivity index (χ4v) is 4.61. The molecule has 0 radical (unpaired) electrons. The van der Waals surface area contributed by atoms with Crippen LogP contribution in [0.3, 0.4) is 0 Å². The number of piperazine rings is 1. The van der Waals surface area contributed by atoms with Crippen LogP contribution in [0.1, 0.15) is 36.5 Å². The van der Waals surface area contributed by atoms with Crippen LogP contribution in [-0.4, -0.2) is 78.2 Å². The van der Waals surface area contributed by atoms with Crippen LogP contribution in [0, 0.1) is 11.3 Å². The lowest BCUT2D eigenvalue weighted by molar-refractivity contribution is -0.141. The number of methoxy groups -OCH3 is 1. The van der Waals surface area contributed by atoms with Crippen molar-refractivity contribution in [2.24, 2.45) is 0 Å². The standard InChI is InChI=1S/C30H33F3N6O5/c1-3-23(20-43-15-10-27(40)38-13-11-37(12-14-38)26-9-6-22(16-34)17-35-26)44-25-18-36-39(29(41)28(25)30(31,32)33)19-21-4-7-24(42-2)8-5-21/h4-9,17-18,23H,3,10-15,19-20H2,1-2H3/t23-/m0/s1. The van der Waals surface area contributed by atoms with Crippen molar-refractivity contribution in [2.45, 2.75) is 38.6 Å². The van der Waals surface area contributed by atoms with Gasteiger partial charge in [-0.25, -0.2) is 9.67 Å². The molecule has 1 aliphatic heterocycles. The van der Waals surface area contributed by atoms with Crippen molar-refractivity contribution < 1.29 is 32.2 Å². The number of carbonyl (C=O) groups is 1. The number of hydrogen-bond donors (Lipinski definition) is 0. The van der Waals surface area contributed by atoms with Gasteiger partial charge in [0.2, 0.25) is 5.91 Å². The highest BCUT2D eigenvalue weighted by atomic mass is 19.4. The van der Waals surface area contributed by atoms with Crippen molar-refractivity contribution in [1.29, 1.82) is 5.26 Å². The first-order valence-corrected chi connectivity index (χ1v) is 14.1. The van der Waals surface area contributed by atoms with Gasteiger partial charge in [-0.2, -0.15) is 23.5 Å². The Hall–Kier alpha value is -4.64. The minimum atomic E-state index is -4.97. The molecule has 1 fully saturated rings. The fourth-order valence-electron chi connectivity index (χ4n) is 4.61. The highest BCUT2D eigenvalue weighted by molar-refractivity contribution is 5.76. The molecule has 0 saturated carbocycles. The number of halogens is 3. The molecule has 2 aromatic heterocycles. The Labute approximate surface area is 252 Å². The van der Waals surface area contributed by atoms with Gasteiger partial charge in [-0.3, -0.25) is 9.59 Å². The molecule has 0 unspecified atom stereocenters. The van der Waals surface area contributed by atoms with E-state index in [1.807, 2.05) is 11.0 Å². The van der Waals surface area contributed by atoms with Crippen molar-refractivity contribution in [3.05, 3.63) is 75.8 Å². The summed E-state index contributed by atoms with van der Waals surface area (Å²) in [6.45, 7) is 3.71. The average molecular weight is 615 g/mol. The zero-order valence-electron chi connectivity index (χ0n) is 24.4. The summed E-state index contributed by atoms with van der Waals surface area (Å²) in [5.74, 6) is 0.538. The number of hydrogen-bond acceptors (Lipinski definition) is 9. The van der Waals surface area contributed by atoms with Crippen LogP contribution in [0.15, 0.2) is 53.6 Å². The van der Waals surface area contributed by atoms with E-state index in [4.69, 9.17) is 19.5 Å². The number of alkyl halides is 3. The Morgan fingerprint density at radius 1 is 1.09 bits per heavy atom. The Balaban J connectivity index is 1.28. The monoisotopic (exact) mass is 614 g/mol. The summed E-state index contributed by atoms with van der Waals surface area (Å²) in [5, 5.41) is 12.8. The van der Waals surface area contributed by atoms with E-state index in [-0.39, 0.29) is 32.1 Å². The lowest BCUT2D eigenvalue weighted by Crippen LogP contribution is -2.49. The molecule has 1 atom stereocenters. The maximum Gasteiger partial charge on any atom is 0.425 e. The Morgan fingerprint density at radius 2 is 1.82 bits per heavy atom. The molecule has 0 aliphatic carbocycles. The van der Waals surface area contributed by atoms with E-state index in [1.54, 1.807) is 48.2 Å². The van der Waals surface area contributed by atoms with Gasteiger partial charge in [0.15, 0.2) is 11.3 Å². The van der Waals surface area contributed by atoms with Crippen LogP contribution >= 0.6 is 0 Å². The Kier molecular flexibility index (Phi) is 10.8. The molecule has 11 nitrogen and oxygen atoms in total. The molecule has 1 aliphatic rings. The third-order valence-electron chi connectivity index (χ3n) is 7.13. The second-order valence-electron chi connectivity index (χ2n) is 10.1. The molecule has 1 aromatic carbocycles. The largest absolute Gasteiger partial charge is 0.497 e. The molecule has 1 saturated heterocycles. The predicted octanol–water partition coefficient (Wildman–Crippen LogP) is 3.50. The highest BCUT2D eigenvalue weighted by Crippen LogP contribution is 2.33. The third-order valence-corrected chi connectivity index (χ3v) is 7.13. The maximum absolute atomic E-state index is 14.0. The van der Waals surface area contributed by atoms with Crippen molar-refractivity contribution in [2.75, 3.05) is 51.4 Å². The lowest BCUT2D eigenvalue weighted by atomic mass is 10.2. The minimum absolute atomic E-state index is 0.0594. The van der Waals surface area contributed by atoms with Crippen LogP contribution in [-0.2, 0) is 22.3 Å². The van der Waals surface area contributed by atoms with Gasteiger partial charge >= 0.3 is 6.18 Å². The number of pyridine rings is 1. The summed E-state index contributed by atoms with van der Waals surface area (Å²) < 4.78 is 58.9. The summed E-state index contributed by atoms with van der Waals surface area (Å²) in [6, 6.07) is 12.0. The number of nitriles is 1. The molecule has 44 heavy (non-hydrogen) atoms. The summed E-state index contributed by atoms with van der Waals surface area (Å²) in [5.41, 5.74) is -1.71. The minimum Gasteiger partial charge on any atom is -0.497 e. The Bertz CT molecular complexity index is 1500. The van der Waals surface area contributed by atoms with E-state index < -0.39 is 29.2 Å². The van der Waals surface area contributed by atoms with Crippen molar-refractivity contribution >= 4 is 11.7 Å². The first-order chi connectivity index (χ1) is 21.1. The molecule has 0 spiro atoms. The second-order valence-corrected chi connectivity index (χ2v) is 10.1. The van der Waals surface area contributed by atoms with E-state index in [2.05, 4.69) is 10.1 Å². The fraction of sp³-hybridized carbons (Fsp3) is 0.433. The van der Waals surface area contributed by atoms with E-state index in [1.165, 1.54) is 13.3 Å². The molecule has 1 amide bonds. The van der Waals surface area contributed by atoms with Gasteiger partial charge < -0.3 is 24.0 Å². The van der Waals surface area contributed by atoms with E-state index in [9.17, 15) is 22.8 Å². The molecule has 14 heteroatoms. The molecule has 4 rings (SSSR count). The van der Waals surface area contributed by atoms with Crippen LogP contribution in [0.4, 0.5) is 19.0 Å². The number of carbonyl (C=O) groups excluding carboxylic acids is 1. The average Bonchev–Trinajstić information content (AvgIpc) is 3.03. The quantitative estimate of drug-likeness (QED) is 0.282. The SMILES string of the molecule is CC[C@@H](COCCC(=O)N1CCN(c2ccc(C#N)cn2)CC1)Oc1cnn(Cc2ccc(OC)cc2)c(=O)c1C(F)(F)F. The van der Waals surface area contributed by atoms with E-state index >= 15 is 0 Å². The number of anilines is 1. The Morgan fingerprint density at radius 3 is 2.41 bits per heavy atom. The zero-order chi connectivity index (χ0) is 31.7. The predicted molar refractivity (Wildman–Crippen MR) is 153 cm³/mol. The van der Waals surface area contributed by atoms with Crippen molar-refractivity contribution in [3.63, 3.8) is 0 Å². The van der Waals surface area contributed by atoms with Gasteiger partial charge in [-0.05, 0) is 36.2 Å². The number of benzene rings is 1. The van der Waals surface area contributed by atoms with E-state index in [0.29, 0.717) is 49.5 Å². The van der Waals surface area contributed by atoms with Gasteiger partial charge in [0.05, 0.1) is 45.0 Å². The first kappa shape index (κ1) is 32.3. The molecular formula is C30H33F3N6O5. The summed E-state index contributed by atoms with van der Waals surface area (Å²) >= 11 is 0. The number of ether oxygens (including phenoxy) is 3. The van der Waals surface area contributed by atoms with Gasteiger partial charge in [-0.1, -0.05) is 19.1 Å². The number of aromatic nitrogens is 3. The van der Waals surface area contributed by atoms with Crippen LogP contribution in [0.2, 0.25) is 0 Å². The summed E-state index contributed by atoms with van der Waals surface area (Å²) in [4.78, 5) is 33.6. The van der Waals surface area contributed by atoms with Crippen LogP contribution in [0.5, 0.6) is 11.5 Å². The van der Waals surface area contributed by atoms with Gasteiger partial charge in [-0.15, -0.1) is 0 Å². The molecule has 0 N–H and O–H groups in total. The smallest absolute Gasteiger partial charge is 0.425 e. The van der Waals surface area contributed by atoms with Crippen molar-refractivity contribution in [3.8, 4) is 17.6 Å². The zero-order valence-corrected chi connectivity index (χ0v) is 24.4. The number of amides is 1. The van der Waals surface area contributed by atoms with Crippen LogP contribution in [0.25, 0.3) is 0 Å². The normalized spacial score (nSPS) is 14.2. The third kappa shape index (κ3) is 8.25. The molecule has 3 heterocycles. The van der Waals surface area contributed by atoms with E-state index in [0.717, 1.165) is 16.7 Å². The highest BCUT2D eigenvalue weighted by Gasteiger charge is 2.39. The summed E-state index contributed by atoms with van der Waals surface area (Å²) in [7, 11) is 1.49. The lowest BCUT2D eigenvalue weighted by Gasteiger charge is -2.35. The molecular weight excluding hydrogens is 581 g/mol. The summed E-state index contributed by atoms with van der Waals surface area (Å²) in [6.07, 6.45) is -2.97. The topological polar surface area (TPSA) is 123 Å². The molecule has 234 valence electrons. The molecule has 0 bridgehead atoms. The number of rotatable bonds is 12. The molecule has 3 aromatic rings. The second kappa shape index (κ2) is 14.7. The first-order valence-electron chi connectivity index (χ1n) is 14.1.